The zero-order valence-electron chi connectivity index (χ0n) is 16.4. The third-order valence-corrected chi connectivity index (χ3v) is 5.11. The molecule has 9 heteroatoms. The van der Waals surface area contributed by atoms with Gasteiger partial charge in [0, 0.05) is 27.7 Å². The van der Waals surface area contributed by atoms with Crippen LogP contribution < -0.4 is 11.2 Å². The van der Waals surface area contributed by atoms with Crippen molar-refractivity contribution in [2.75, 3.05) is 0 Å². The molecule has 4 aromatic rings. The molecule has 2 heterocycles. The second-order valence-electron chi connectivity index (χ2n) is 6.95. The SMILES string of the molecule is Cc1c(/C=C/c2[nH]c(=O)[nH]c(=O)c2[N+](=O)[O-])c2ccccc2n1Cc1ccccc1F. The number of aromatic amines is 2. The van der Waals surface area contributed by atoms with Crippen LogP contribution in [-0.2, 0) is 6.54 Å². The number of halogens is 1. The molecule has 2 aromatic heterocycles. The lowest BCUT2D eigenvalue weighted by molar-refractivity contribution is -0.386. The minimum absolute atomic E-state index is 0.205. The van der Waals surface area contributed by atoms with Crippen LogP contribution in [-0.4, -0.2) is 19.5 Å². The third kappa shape index (κ3) is 3.68. The zero-order valence-corrected chi connectivity index (χ0v) is 16.4. The van der Waals surface area contributed by atoms with Crippen LogP contribution in [0.3, 0.4) is 0 Å². The number of nitro groups is 1. The lowest BCUT2D eigenvalue weighted by Crippen LogP contribution is -2.25. The summed E-state index contributed by atoms with van der Waals surface area (Å²) in [7, 11) is 0. The molecular weight excluding hydrogens is 403 g/mol. The van der Waals surface area contributed by atoms with Gasteiger partial charge in [-0.25, -0.2) is 9.18 Å². The van der Waals surface area contributed by atoms with E-state index in [4.69, 9.17) is 0 Å². The van der Waals surface area contributed by atoms with Crippen LogP contribution in [0, 0.1) is 22.9 Å². The smallest absolute Gasteiger partial charge is 0.340 e. The van der Waals surface area contributed by atoms with Crippen molar-refractivity contribution < 1.29 is 9.31 Å². The summed E-state index contributed by atoms with van der Waals surface area (Å²) in [4.78, 5) is 38.0. The van der Waals surface area contributed by atoms with Gasteiger partial charge in [0.15, 0.2) is 0 Å². The predicted molar refractivity (Wildman–Crippen MR) is 115 cm³/mol. The summed E-state index contributed by atoms with van der Waals surface area (Å²) in [5.41, 5.74) is 0.0555. The molecule has 4 rings (SSSR count). The zero-order chi connectivity index (χ0) is 22.1. The molecule has 0 saturated heterocycles. The van der Waals surface area contributed by atoms with Crippen LogP contribution in [0.25, 0.3) is 23.1 Å². The van der Waals surface area contributed by atoms with E-state index in [1.807, 2.05) is 40.7 Å². The van der Waals surface area contributed by atoms with Gasteiger partial charge in [-0.3, -0.25) is 19.9 Å². The molecule has 0 unspecified atom stereocenters. The number of fused-ring (bicyclic) bond motifs is 1. The van der Waals surface area contributed by atoms with Crippen LogP contribution in [0.1, 0.15) is 22.5 Å². The fourth-order valence-corrected chi connectivity index (χ4v) is 3.63. The maximum absolute atomic E-state index is 14.2. The van der Waals surface area contributed by atoms with E-state index in [2.05, 4.69) is 4.98 Å². The maximum atomic E-state index is 14.2. The Hall–Kier alpha value is -4.27. The summed E-state index contributed by atoms with van der Waals surface area (Å²) in [6.07, 6.45) is 2.93. The van der Waals surface area contributed by atoms with Crippen LogP contribution in [0.2, 0.25) is 0 Å². The summed E-state index contributed by atoms with van der Waals surface area (Å²) >= 11 is 0. The predicted octanol–water partition coefficient (Wildman–Crippen LogP) is 3.59. The summed E-state index contributed by atoms with van der Waals surface area (Å²) in [6.45, 7) is 2.16. The largest absolute Gasteiger partial charge is 0.357 e. The van der Waals surface area contributed by atoms with Gasteiger partial charge < -0.3 is 9.55 Å². The normalized spacial score (nSPS) is 11.4. The fraction of sp³-hybridized carbons (Fsp3) is 0.0909. The first-order valence-corrected chi connectivity index (χ1v) is 9.37. The Labute approximate surface area is 174 Å². The summed E-state index contributed by atoms with van der Waals surface area (Å²) < 4.78 is 16.2. The average molecular weight is 420 g/mol. The Morgan fingerprint density at radius 1 is 1.06 bits per heavy atom. The maximum Gasteiger partial charge on any atom is 0.357 e. The highest BCUT2D eigenvalue weighted by Crippen LogP contribution is 2.29. The number of para-hydroxylation sites is 1. The van der Waals surface area contributed by atoms with Crippen molar-refractivity contribution in [2.24, 2.45) is 0 Å². The number of nitrogens with zero attached hydrogens (tertiary/aromatic N) is 2. The number of aromatic nitrogens is 3. The molecular formula is C22H17FN4O4. The molecule has 0 bridgehead atoms. The number of rotatable bonds is 5. The van der Waals surface area contributed by atoms with Crippen LogP contribution >= 0.6 is 0 Å². The van der Waals surface area contributed by atoms with Gasteiger partial charge in [-0.2, -0.15) is 0 Å². The Balaban J connectivity index is 1.86. The van der Waals surface area contributed by atoms with Gasteiger partial charge in [0.2, 0.25) is 0 Å². The molecule has 0 spiro atoms. The third-order valence-electron chi connectivity index (χ3n) is 5.11. The lowest BCUT2D eigenvalue weighted by atomic mass is 10.1. The Kier molecular flexibility index (Phi) is 5.08. The van der Waals surface area contributed by atoms with Crippen molar-refractivity contribution in [3.8, 4) is 0 Å². The molecule has 0 aliphatic carbocycles. The van der Waals surface area contributed by atoms with Crippen molar-refractivity contribution in [1.29, 1.82) is 0 Å². The molecule has 2 N–H and O–H groups in total. The molecule has 0 radical (unpaired) electrons. The van der Waals surface area contributed by atoms with Gasteiger partial charge in [-0.15, -0.1) is 0 Å². The van der Waals surface area contributed by atoms with E-state index in [-0.39, 0.29) is 11.5 Å². The minimum atomic E-state index is -1.08. The van der Waals surface area contributed by atoms with E-state index in [9.17, 15) is 24.1 Å². The van der Waals surface area contributed by atoms with Crippen LogP contribution in [0.15, 0.2) is 58.1 Å². The molecule has 31 heavy (non-hydrogen) atoms. The van der Waals surface area contributed by atoms with Gasteiger partial charge in [0.25, 0.3) is 0 Å². The highest BCUT2D eigenvalue weighted by Gasteiger charge is 2.19. The summed E-state index contributed by atoms with van der Waals surface area (Å²) in [5, 5.41) is 12.1. The van der Waals surface area contributed by atoms with Crippen LogP contribution in [0.5, 0.6) is 0 Å². The second kappa shape index (κ2) is 7.86. The number of benzene rings is 2. The first kappa shape index (κ1) is 20.0. The van der Waals surface area contributed by atoms with Crippen molar-refractivity contribution >= 4 is 28.7 Å². The molecule has 2 aromatic carbocycles. The highest BCUT2D eigenvalue weighted by molar-refractivity contribution is 5.94. The molecule has 0 aliphatic heterocycles. The van der Waals surface area contributed by atoms with Crippen LogP contribution in [0.4, 0.5) is 10.1 Å². The van der Waals surface area contributed by atoms with Gasteiger partial charge in [0.1, 0.15) is 11.5 Å². The van der Waals surface area contributed by atoms with E-state index in [0.717, 1.165) is 22.2 Å². The molecule has 8 nitrogen and oxygen atoms in total. The summed E-state index contributed by atoms with van der Waals surface area (Å²) in [5.74, 6) is -0.312. The molecule has 0 saturated carbocycles. The fourth-order valence-electron chi connectivity index (χ4n) is 3.63. The topological polar surface area (TPSA) is 114 Å². The van der Waals surface area contributed by atoms with Gasteiger partial charge in [-0.05, 0) is 25.1 Å². The molecule has 0 amide bonds. The average Bonchev–Trinajstić information content (AvgIpc) is 2.98. The number of H-pyrrole nitrogens is 2. The molecule has 0 fully saturated rings. The first-order valence-electron chi connectivity index (χ1n) is 9.37. The Bertz CT molecular complexity index is 1460. The Morgan fingerprint density at radius 3 is 2.52 bits per heavy atom. The number of hydrogen-bond donors (Lipinski definition) is 2. The van der Waals surface area contributed by atoms with E-state index >= 15 is 0 Å². The summed E-state index contributed by atoms with van der Waals surface area (Å²) in [6, 6.07) is 14.0. The highest BCUT2D eigenvalue weighted by atomic mass is 19.1. The number of hydrogen-bond acceptors (Lipinski definition) is 4. The second-order valence-corrected chi connectivity index (χ2v) is 6.95. The van der Waals surface area contributed by atoms with Crippen molar-refractivity contribution in [3.05, 3.63) is 108 Å². The molecule has 0 atom stereocenters. The Morgan fingerprint density at radius 2 is 1.77 bits per heavy atom. The van der Waals surface area contributed by atoms with Gasteiger partial charge in [0.05, 0.1) is 11.5 Å². The van der Waals surface area contributed by atoms with Crippen molar-refractivity contribution in [3.63, 3.8) is 0 Å². The van der Waals surface area contributed by atoms with Gasteiger partial charge in [-0.1, -0.05) is 42.5 Å². The first-order chi connectivity index (χ1) is 14.9. The van der Waals surface area contributed by atoms with E-state index < -0.39 is 21.9 Å². The van der Waals surface area contributed by atoms with Crippen molar-refractivity contribution in [2.45, 2.75) is 13.5 Å². The lowest BCUT2D eigenvalue weighted by Gasteiger charge is -2.09. The quantitative estimate of drug-likeness (QED) is 0.379. The number of nitrogens with one attached hydrogen (secondary N) is 2. The van der Waals surface area contributed by atoms with E-state index in [0.29, 0.717) is 12.1 Å². The minimum Gasteiger partial charge on any atom is -0.340 e. The van der Waals surface area contributed by atoms with E-state index in [1.54, 1.807) is 24.3 Å². The molecule has 0 aliphatic rings. The monoisotopic (exact) mass is 420 g/mol. The van der Waals surface area contributed by atoms with E-state index in [1.165, 1.54) is 12.1 Å². The van der Waals surface area contributed by atoms with Gasteiger partial charge >= 0.3 is 16.9 Å². The standard InChI is InChI=1S/C22H17FN4O4/c1-13-15(10-11-18-20(27(30)31)21(28)25-22(29)24-18)16-7-3-5-9-19(16)26(13)12-14-6-2-4-8-17(14)23/h2-11H,12H2,1H3,(H2,24,25,28,29)/b11-10+. The molecule has 156 valence electrons. The van der Waals surface area contributed by atoms with Crippen molar-refractivity contribution in [1.82, 2.24) is 14.5 Å².